The number of aromatic nitrogens is 1. The third-order valence-corrected chi connectivity index (χ3v) is 2.89. The molecule has 1 unspecified atom stereocenters. The Morgan fingerprint density at radius 3 is 2.79 bits per heavy atom. The van der Waals surface area contributed by atoms with Gasteiger partial charge in [0.05, 0.1) is 11.5 Å². The van der Waals surface area contributed by atoms with Crippen LogP contribution in [0.4, 0.5) is 5.82 Å². The third kappa shape index (κ3) is 4.25. The maximum absolute atomic E-state index is 11.2. The lowest BCUT2D eigenvalue weighted by atomic mass is 9.97. The summed E-state index contributed by atoms with van der Waals surface area (Å²) >= 11 is 0. The topological polar surface area (TPSA) is 86.0 Å². The van der Waals surface area contributed by atoms with Crippen molar-refractivity contribution in [3.63, 3.8) is 0 Å². The Morgan fingerprint density at radius 1 is 1.58 bits per heavy atom. The molecule has 2 N–H and O–H groups in total. The van der Waals surface area contributed by atoms with Gasteiger partial charge in [-0.3, -0.25) is 4.79 Å². The van der Waals surface area contributed by atoms with Crippen LogP contribution < -0.4 is 5.32 Å². The minimum Gasteiger partial charge on any atom is -0.481 e. The SMILES string of the molecule is Cc1ccnc(NCC(CC(C)C)C(=O)O)c1C#N. The summed E-state index contributed by atoms with van der Waals surface area (Å²) in [6.45, 7) is 6.08. The van der Waals surface area contributed by atoms with Crippen molar-refractivity contribution in [2.45, 2.75) is 27.2 Å². The number of nitrogens with one attached hydrogen (secondary N) is 1. The lowest BCUT2D eigenvalue weighted by Gasteiger charge is -2.16. The minimum absolute atomic E-state index is 0.276. The zero-order valence-electron chi connectivity index (χ0n) is 11.5. The molecule has 102 valence electrons. The van der Waals surface area contributed by atoms with Gasteiger partial charge in [-0.2, -0.15) is 5.26 Å². The predicted molar refractivity (Wildman–Crippen MR) is 72.8 cm³/mol. The Balaban J connectivity index is 2.78. The Bertz CT molecular complexity index is 492. The summed E-state index contributed by atoms with van der Waals surface area (Å²) in [7, 11) is 0. The zero-order valence-corrected chi connectivity index (χ0v) is 11.5. The molecular weight excluding hydrogens is 242 g/mol. The van der Waals surface area contributed by atoms with E-state index in [9.17, 15) is 4.79 Å². The number of pyridine rings is 1. The Morgan fingerprint density at radius 2 is 2.26 bits per heavy atom. The van der Waals surface area contributed by atoms with Gasteiger partial charge < -0.3 is 10.4 Å². The minimum atomic E-state index is -0.827. The summed E-state index contributed by atoms with van der Waals surface area (Å²) in [5, 5.41) is 21.2. The molecule has 0 bridgehead atoms. The second-order valence-corrected chi connectivity index (χ2v) is 5.01. The summed E-state index contributed by atoms with van der Waals surface area (Å²) < 4.78 is 0. The van der Waals surface area contributed by atoms with Gasteiger partial charge in [-0.05, 0) is 30.9 Å². The Kier molecular flexibility index (Phi) is 5.31. The molecule has 0 saturated heterocycles. The second kappa shape index (κ2) is 6.74. The van der Waals surface area contributed by atoms with E-state index in [0.717, 1.165) is 5.56 Å². The number of hydrogen-bond acceptors (Lipinski definition) is 4. The van der Waals surface area contributed by atoms with E-state index in [-0.39, 0.29) is 6.54 Å². The van der Waals surface area contributed by atoms with Gasteiger partial charge in [0.1, 0.15) is 11.9 Å². The van der Waals surface area contributed by atoms with Crippen LogP contribution in [0.25, 0.3) is 0 Å². The number of rotatable bonds is 6. The fourth-order valence-corrected chi connectivity index (χ4v) is 1.89. The van der Waals surface area contributed by atoms with Crippen molar-refractivity contribution in [2.75, 3.05) is 11.9 Å². The Labute approximate surface area is 113 Å². The molecule has 0 saturated carbocycles. The summed E-state index contributed by atoms with van der Waals surface area (Å²) in [4.78, 5) is 15.2. The molecule has 0 aliphatic heterocycles. The summed E-state index contributed by atoms with van der Waals surface area (Å²) in [5.41, 5.74) is 1.30. The highest BCUT2D eigenvalue weighted by molar-refractivity contribution is 5.71. The van der Waals surface area contributed by atoms with E-state index in [1.54, 1.807) is 12.3 Å². The molecule has 0 amide bonds. The molecule has 0 fully saturated rings. The van der Waals surface area contributed by atoms with Crippen molar-refractivity contribution < 1.29 is 9.90 Å². The molecule has 0 aliphatic rings. The van der Waals surface area contributed by atoms with Crippen molar-refractivity contribution >= 4 is 11.8 Å². The maximum atomic E-state index is 11.2. The van der Waals surface area contributed by atoms with Crippen LogP contribution in [0.15, 0.2) is 12.3 Å². The molecular formula is C14H19N3O2. The molecule has 19 heavy (non-hydrogen) atoms. The first-order valence-electron chi connectivity index (χ1n) is 6.28. The molecule has 1 aromatic rings. The van der Waals surface area contributed by atoms with Crippen LogP contribution in [0.1, 0.15) is 31.4 Å². The normalized spacial score (nSPS) is 11.9. The molecule has 1 rings (SSSR count). The number of aryl methyl sites for hydroxylation is 1. The maximum Gasteiger partial charge on any atom is 0.308 e. The molecule has 5 heteroatoms. The van der Waals surface area contributed by atoms with Crippen molar-refractivity contribution in [2.24, 2.45) is 11.8 Å². The molecule has 0 aliphatic carbocycles. The van der Waals surface area contributed by atoms with Crippen LogP contribution >= 0.6 is 0 Å². The first-order chi connectivity index (χ1) is 8.95. The third-order valence-electron chi connectivity index (χ3n) is 2.89. The fraction of sp³-hybridized carbons (Fsp3) is 0.500. The van der Waals surface area contributed by atoms with E-state index in [1.807, 2.05) is 20.8 Å². The lowest BCUT2D eigenvalue weighted by Crippen LogP contribution is -2.25. The highest BCUT2D eigenvalue weighted by Crippen LogP contribution is 2.17. The summed E-state index contributed by atoms with van der Waals surface area (Å²) in [6.07, 6.45) is 2.20. The first kappa shape index (κ1) is 15.0. The van der Waals surface area contributed by atoms with E-state index >= 15 is 0 Å². The molecule has 1 atom stereocenters. The van der Waals surface area contributed by atoms with Crippen LogP contribution in [0.5, 0.6) is 0 Å². The van der Waals surface area contributed by atoms with Gasteiger partial charge in [0.2, 0.25) is 0 Å². The van der Waals surface area contributed by atoms with Crippen LogP contribution in [0.3, 0.4) is 0 Å². The average molecular weight is 261 g/mol. The van der Waals surface area contributed by atoms with Gasteiger partial charge >= 0.3 is 5.97 Å². The first-order valence-corrected chi connectivity index (χ1v) is 6.28. The molecule has 1 heterocycles. The standard InChI is InChI=1S/C14H19N3O2/c1-9(2)6-11(14(18)19)8-17-13-12(7-15)10(3)4-5-16-13/h4-5,9,11H,6,8H2,1-3H3,(H,16,17)(H,18,19). The summed E-state index contributed by atoms with van der Waals surface area (Å²) in [6, 6.07) is 3.84. The van der Waals surface area contributed by atoms with Gasteiger partial charge in [-0.15, -0.1) is 0 Å². The summed E-state index contributed by atoms with van der Waals surface area (Å²) in [5.74, 6) is -0.539. The van der Waals surface area contributed by atoms with Crippen LogP contribution in [0.2, 0.25) is 0 Å². The van der Waals surface area contributed by atoms with E-state index in [0.29, 0.717) is 23.7 Å². The van der Waals surface area contributed by atoms with Gasteiger partial charge in [0, 0.05) is 12.7 Å². The second-order valence-electron chi connectivity index (χ2n) is 5.01. The number of nitriles is 1. The predicted octanol–water partition coefficient (Wildman–Crippen LogP) is 2.42. The lowest BCUT2D eigenvalue weighted by molar-refractivity contribution is -0.141. The fourth-order valence-electron chi connectivity index (χ4n) is 1.89. The van der Waals surface area contributed by atoms with Gasteiger partial charge in [-0.1, -0.05) is 13.8 Å². The highest BCUT2D eigenvalue weighted by atomic mass is 16.4. The molecule has 0 radical (unpaired) electrons. The van der Waals surface area contributed by atoms with E-state index in [1.165, 1.54) is 0 Å². The van der Waals surface area contributed by atoms with Crippen LogP contribution in [-0.2, 0) is 4.79 Å². The quantitative estimate of drug-likeness (QED) is 0.821. The number of nitrogens with zero attached hydrogens (tertiary/aromatic N) is 2. The smallest absolute Gasteiger partial charge is 0.308 e. The van der Waals surface area contributed by atoms with Gasteiger partial charge in [0.25, 0.3) is 0 Å². The van der Waals surface area contributed by atoms with Crippen LogP contribution in [-0.4, -0.2) is 22.6 Å². The molecule has 1 aromatic heterocycles. The highest BCUT2D eigenvalue weighted by Gasteiger charge is 2.19. The largest absolute Gasteiger partial charge is 0.481 e. The average Bonchev–Trinajstić information content (AvgIpc) is 2.33. The number of aliphatic carboxylic acids is 1. The number of carboxylic acids is 1. The molecule has 0 aromatic carbocycles. The number of carbonyl (C=O) groups is 1. The number of anilines is 1. The van der Waals surface area contributed by atoms with Crippen molar-refractivity contribution in [3.8, 4) is 6.07 Å². The molecule has 0 spiro atoms. The van der Waals surface area contributed by atoms with E-state index in [4.69, 9.17) is 10.4 Å². The molecule has 5 nitrogen and oxygen atoms in total. The van der Waals surface area contributed by atoms with Crippen molar-refractivity contribution in [3.05, 3.63) is 23.4 Å². The number of hydrogen-bond donors (Lipinski definition) is 2. The monoisotopic (exact) mass is 261 g/mol. The number of carboxylic acid groups (broad SMARTS) is 1. The van der Waals surface area contributed by atoms with Gasteiger partial charge in [-0.25, -0.2) is 4.98 Å². The van der Waals surface area contributed by atoms with E-state index < -0.39 is 11.9 Å². The Hall–Kier alpha value is -2.09. The van der Waals surface area contributed by atoms with Crippen LogP contribution in [0, 0.1) is 30.1 Å². The van der Waals surface area contributed by atoms with E-state index in [2.05, 4.69) is 16.4 Å². The van der Waals surface area contributed by atoms with Crippen molar-refractivity contribution in [1.82, 2.24) is 4.98 Å². The van der Waals surface area contributed by atoms with Gasteiger partial charge in [0.15, 0.2) is 0 Å². The zero-order chi connectivity index (χ0) is 14.4. The van der Waals surface area contributed by atoms with Crippen molar-refractivity contribution in [1.29, 1.82) is 5.26 Å².